The van der Waals surface area contributed by atoms with E-state index in [9.17, 15) is 4.79 Å². The van der Waals surface area contributed by atoms with Crippen LogP contribution in [-0.4, -0.2) is 18.0 Å². The van der Waals surface area contributed by atoms with E-state index in [4.69, 9.17) is 16.4 Å². The highest BCUT2D eigenvalue weighted by Gasteiger charge is 2.12. The molecule has 0 radical (unpaired) electrons. The van der Waals surface area contributed by atoms with Crippen LogP contribution >= 0.6 is 11.6 Å². The van der Waals surface area contributed by atoms with Crippen molar-refractivity contribution in [3.63, 3.8) is 0 Å². The number of unbranched alkanes of at least 4 members (excludes halogenated alkanes) is 2. The number of pyridine rings is 1. The molecule has 0 atom stereocenters. The van der Waals surface area contributed by atoms with Crippen LogP contribution in [0.5, 0.6) is 0 Å². The minimum absolute atomic E-state index is 0.362. The van der Waals surface area contributed by atoms with Gasteiger partial charge in [-0.15, -0.1) is 0 Å². The standard InChI is InChI=1S/C19H21ClN4O2.3C4H10/c1-12(2)9-13(3)22-18-10-17(15(20)11-21-18)23-16-8-6-5-7-14(16)19(25)24-26-4;1-4(2)3;2*1-3-4-2/h5-11H,1H2,2-4H3,(H,24,25)(H2,21,22,23);4H,1-3H3;2*3-4H2,1-2H3/b13-9+;;;. The number of carbonyl (C=O) groups is 1. The molecule has 1 heterocycles. The second-order valence-corrected chi connectivity index (χ2v) is 9.79. The third kappa shape index (κ3) is 19.3. The number of hydroxylamine groups is 1. The number of rotatable bonds is 9. The van der Waals surface area contributed by atoms with Crippen molar-refractivity contribution >= 4 is 34.7 Å². The molecule has 0 aliphatic rings. The monoisotopic (exact) mass is 546 g/mol. The molecular formula is C31H51ClN4O2. The number of carbonyl (C=O) groups excluding carboxylic acids is 1. The molecule has 0 bridgehead atoms. The number of amides is 1. The first-order valence-corrected chi connectivity index (χ1v) is 13.8. The summed E-state index contributed by atoms with van der Waals surface area (Å²) in [5.41, 5.74) is 5.77. The SMILES string of the molecule is C=C(C)/C=C(\C)Nc1cc(Nc2ccccc2C(=O)NOC)c(Cl)cn1.CC(C)C.CCCC.CCCC. The van der Waals surface area contributed by atoms with Crippen molar-refractivity contribution in [2.75, 3.05) is 17.7 Å². The Kier molecular flexibility index (Phi) is 22.9. The number of nitrogens with one attached hydrogen (secondary N) is 3. The highest BCUT2D eigenvalue weighted by atomic mass is 35.5. The van der Waals surface area contributed by atoms with E-state index < -0.39 is 0 Å². The number of halogens is 1. The molecule has 1 amide bonds. The van der Waals surface area contributed by atoms with E-state index in [-0.39, 0.29) is 5.91 Å². The quantitative estimate of drug-likeness (QED) is 0.215. The second-order valence-electron chi connectivity index (χ2n) is 9.39. The van der Waals surface area contributed by atoms with Gasteiger partial charge in [0.15, 0.2) is 0 Å². The maximum atomic E-state index is 12.1. The van der Waals surface area contributed by atoms with Gasteiger partial charge in [0.1, 0.15) is 5.82 Å². The van der Waals surface area contributed by atoms with Gasteiger partial charge in [-0.1, -0.05) is 110 Å². The molecule has 0 aliphatic heterocycles. The first-order chi connectivity index (χ1) is 18.0. The maximum absolute atomic E-state index is 12.1. The number of hydrogen-bond donors (Lipinski definition) is 3. The van der Waals surface area contributed by atoms with E-state index in [1.165, 1.54) is 39.0 Å². The number of anilines is 3. The lowest BCUT2D eigenvalue weighted by molar-refractivity contribution is 0.0538. The highest BCUT2D eigenvalue weighted by Crippen LogP contribution is 2.29. The van der Waals surface area contributed by atoms with Crippen molar-refractivity contribution in [3.8, 4) is 0 Å². The van der Waals surface area contributed by atoms with Gasteiger partial charge in [-0.05, 0) is 38.0 Å². The molecule has 214 valence electrons. The number of nitrogens with zero attached hydrogens (tertiary/aromatic N) is 1. The summed E-state index contributed by atoms with van der Waals surface area (Å²) < 4.78 is 0. The molecule has 0 fully saturated rings. The Morgan fingerprint density at radius 3 is 2.03 bits per heavy atom. The fraction of sp³-hybridized carbons (Fsp3) is 0.484. The van der Waals surface area contributed by atoms with Gasteiger partial charge in [0, 0.05) is 11.8 Å². The Balaban J connectivity index is 0. The van der Waals surface area contributed by atoms with Crippen LogP contribution in [0.1, 0.15) is 98.4 Å². The van der Waals surface area contributed by atoms with E-state index in [1.807, 2.05) is 26.0 Å². The Labute approximate surface area is 237 Å². The van der Waals surface area contributed by atoms with Crippen LogP contribution < -0.4 is 16.1 Å². The summed E-state index contributed by atoms with van der Waals surface area (Å²) in [4.78, 5) is 21.1. The van der Waals surface area contributed by atoms with E-state index in [0.717, 1.165) is 17.2 Å². The van der Waals surface area contributed by atoms with Crippen molar-refractivity contribution in [1.29, 1.82) is 0 Å². The predicted octanol–water partition coefficient (Wildman–Crippen LogP) is 9.94. The zero-order valence-electron chi connectivity index (χ0n) is 25.3. The van der Waals surface area contributed by atoms with Crippen LogP contribution in [0.3, 0.4) is 0 Å². The van der Waals surface area contributed by atoms with Gasteiger partial charge < -0.3 is 10.6 Å². The number of allylic oxidation sites excluding steroid dienone is 3. The zero-order valence-corrected chi connectivity index (χ0v) is 26.1. The van der Waals surface area contributed by atoms with E-state index >= 15 is 0 Å². The summed E-state index contributed by atoms with van der Waals surface area (Å²) in [6.45, 7) is 22.9. The Morgan fingerprint density at radius 1 is 1.03 bits per heavy atom. The molecule has 2 rings (SSSR count). The van der Waals surface area contributed by atoms with E-state index in [0.29, 0.717) is 27.8 Å². The largest absolute Gasteiger partial charge is 0.353 e. The molecule has 0 saturated carbocycles. The number of aromatic nitrogens is 1. The van der Waals surface area contributed by atoms with Crippen LogP contribution in [0.2, 0.25) is 5.02 Å². The minimum Gasteiger partial charge on any atom is -0.353 e. The molecular weight excluding hydrogens is 496 g/mol. The average Bonchev–Trinajstić information content (AvgIpc) is 2.86. The third-order valence-electron chi connectivity index (χ3n) is 4.28. The van der Waals surface area contributed by atoms with E-state index in [1.54, 1.807) is 24.3 Å². The summed E-state index contributed by atoms with van der Waals surface area (Å²) in [5, 5.41) is 6.77. The highest BCUT2D eigenvalue weighted by molar-refractivity contribution is 6.33. The van der Waals surface area contributed by atoms with Gasteiger partial charge in [0.05, 0.1) is 35.3 Å². The zero-order chi connectivity index (χ0) is 29.5. The molecule has 1 aromatic heterocycles. The molecule has 1 aromatic carbocycles. The summed E-state index contributed by atoms with van der Waals surface area (Å²) >= 11 is 6.25. The Hall–Kier alpha value is -2.83. The molecule has 0 aliphatic carbocycles. The van der Waals surface area contributed by atoms with Crippen molar-refractivity contribution in [3.05, 3.63) is 71.0 Å². The van der Waals surface area contributed by atoms with Crippen LogP contribution in [0, 0.1) is 5.92 Å². The van der Waals surface area contributed by atoms with Crippen molar-refractivity contribution in [2.45, 2.75) is 88.0 Å². The average molecular weight is 547 g/mol. The lowest BCUT2D eigenvalue weighted by Crippen LogP contribution is -2.22. The number of para-hydroxylation sites is 1. The van der Waals surface area contributed by atoms with Gasteiger partial charge >= 0.3 is 0 Å². The van der Waals surface area contributed by atoms with Gasteiger partial charge in [-0.3, -0.25) is 9.63 Å². The Morgan fingerprint density at radius 2 is 1.55 bits per heavy atom. The summed E-state index contributed by atoms with van der Waals surface area (Å²) in [6.07, 6.45) is 8.73. The van der Waals surface area contributed by atoms with Crippen LogP contribution in [0.25, 0.3) is 0 Å². The van der Waals surface area contributed by atoms with Crippen LogP contribution in [-0.2, 0) is 4.84 Å². The van der Waals surface area contributed by atoms with Crippen LogP contribution in [0.15, 0.2) is 60.5 Å². The predicted molar refractivity (Wildman–Crippen MR) is 167 cm³/mol. The van der Waals surface area contributed by atoms with Crippen LogP contribution in [0.4, 0.5) is 17.2 Å². The van der Waals surface area contributed by atoms with Gasteiger partial charge in [0.25, 0.3) is 5.91 Å². The molecule has 3 N–H and O–H groups in total. The van der Waals surface area contributed by atoms with Gasteiger partial charge in [-0.2, -0.15) is 0 Å². The van der Waals surface area contributed by atoms with Crippen molar-refractivity contribution < 1.29 is 9.63 Å². The summed E-state index contributed by atoms with van der Waals surface area (Å²) in [6, 6.07) is 8.82. The fourth-order valence-electron chi connectivity index (χ4n) is 2.29. The third-order valence-corrected chi connectivity index (χ3v) is 4.58. The van der Waals surface area contributed by atoms with Crippen molar-refractivity contribution in [2.24, 2.45) is 5.92 Å². The fourth-order valence-corrected chi connectivity index (χ4v) is 2.44. The molecule has 0 saturated heterocycles. The minimum atomic E-state index is -0.362. The molecule has 38 heavy (non-hydrogen) atoms. The Bertz CT molecular complexity index is 948. The van der Waals surface area contributed by atoms with Gasteiger partial charge in [-0.25, -0.2) is 10.5 Å². The molecule has 0 unspecified atom stereocenters. The lowest BCUT2D eigenvalue weighted by Gasteiger charge is -2.14. The summed E-state index contributed by atoms with van der Waals surface area (Å²) in [5.74, 6) is 1.09. The molecule has 6 nitrogen and oxygen atoms in total. The molecule has 2 aromatic rings. The normalized spacial score (nSPS) is 10.1. The number of hydrogen-bond acceptors (Lipinski definition) is 5. The summed E-state index contributed by atoms with van der Waals surface area (Å²) in [7, 11) is 1.38. The lowest BCUT2D eigenvalue weighted by atomic mass is 10.1. The maximum Gasteiger partial charge on any atom is 0.276 e. The molecule has 0 spiro atoms. The second kappa shape index (κ2) is 23.3. The smallest absolute Gasteiger partial charge is 0.276 e. The first kappa shape index (κ1) is 37.3. The van der Waals surface area contributed by atoms with Crippen molar-refractivity contribution in [1.82, 2.24) is 10.5 Å². The van der Waals surface area contributed by atoms with Gasteiger partial charge in [0.2, 0.25) is 0 Å². The topological polar surface area (TPSA) is 75.3 Å². The molecule has 7 heteroatoms. The number of benzene rings is 1. The first-order valence-electron chi connectivity index (χ1n) is 13.4. The van der Waals surface area contributed by atoms with E-state index in [2.05, 4.69) is 76.1 Å².